The molecule has 0 radical (unpaired) electrons. The second kappa shape index (κ2) is 17.3. The van der Waals surface area contributed by atoms with Gasteiger partial charge in [0.2, 0.25) is 11.8 Å². The molecule has 0 heterocycles. The minimum absolute atomic E-state index is 0.164. The maximum absolute atomic E-state index is 11.8. The van der Waals surface area contributed by atoms with E-state index < -0.39 is 17.9 Å². The molecule has 2 atom stereocenters. The molecule has 0 rings (SSSR count). The molecule has 2 unspecified atom stereocenters. The van der Waals surface area contributed by atoms with Gasteiger partial charge in [-0.05, 0) is 7.05 Å². The molecule has 0 saturated carbocycles. The number of nitrogens with two attached hydrogens (primary N) is 1. The van der Waals surface area contributed by atoms with Crippen molar-refractivity contribution in [3.63, 3.8) is 0 Å². The Labute approximate surface area is 169 Å². The van der Waals surface area contributed by atoms with Crippen molar-refractivity contribution in [1.29, 1.82) is 0 Å². The number of carbonyl (C=O) groups excluding carboxylic acids is 3. The zero-order chi connectivity index (χ0) is 18.9. The number of hydrogen-bond acceptors (Lipinski definition) is 9. The first-order valence-corrected chi connectivity index (χ1v) is 11.1. The summed E-state index contributed by atoms with van der Waals surface area (Å²) >= 11 is 1.91. The fourth-order valence-corrected chi connectivity index (χ4v) is 4.30. The number of nitrogens with one attached hydrogen (secondary N) is 3. The van der Waals surface area contributed by atoms with E-state index >= 15 is 0 Å². The quantitative estimate of drug-likeness (QED) is 0.0649. The van der Waals surface area contributed by atoms with Gasteiger partial charge in [-0.2, -0.15) is 0 Å². The molecule has 0 bridgehead atoms. The Morgan fingerprint density at radius 3 is 2.48 bits per heavy atom. The molecule has 0 aromatic carbocycles. The van der Waals surface area contributed by atoms with E-state index in [1.54, 1.807) is 0 Å². The van der Waals surface area contributed by atoms with Crippen LogP contribution in [-0.2, 0) is 23.9 Å². The normalized spacial score (nSPS) is 13.2. The van der Waals surface area contributed by atoms with Gasteiger partial charge in [-0.3, -0.25) is 9.59 Å². The molecule has 25 heavy (non-hydrogen) atoms. The number of halogens is 1. The minimum atomic E-state index is -0.789. The van der Waals surface area contributed by atoms with Crippen LogP contribution in [0.5, 0.6) is 0 Å². The zero-order valence-corrected chi connectivity index (χ0v) is 17.8. The lowest BCUT2D eigenvalue weighted by Crippen LogP contribution is -2.47. The van der Waals surface area contributed by atoms with Crippen LogP contribution < -0.4 is 19.9 Å². The zero-order valence-electron chi connectivity index (χ0n) is 14.0. The average molecular weight is 508 g/mol. The van der Waals surface area contributed by atoms with E-state index in [1.807, 2.05) is 29.9 Å². The number of amides is 2. The molecule has 12 heteroatoms. The lowest BCUT2D eigenvalue weighted by atomic mass is 10.3. The highest BCUT2D eigenvalue weighted by molar-refractivity contribution is 14.1. The van der Waals surface area contributed by atoms with Crippen molar-refractivity contribution < 1.29 is 23.9 Å². The Balaban J connectivity index is 3.87. The Hall–Kier alpha value is -0.120. The molecule has 0 aliphatic heterocycles. The van der Waals surface area contributed by atoms with Gasteiger partial charge in [0.15, 0.2) is 0 Å². The second-order valence-corrected chi connectivity index (χ2v) is 7.89. The maximum atomic E-state index is 11.8. The summed E-state index contributed by atoms with van der Waals surface area (Å²) in [5.74, 6) is -0.168. The monoisotopic (exact) mass is 508 g/mol. The highest BCUT2D eigenvalue weighted by Gasteiger charge is 2.18. The maximum Gasteiger partial charge on any atom is 0.246 e. The number of ether oxygens (including phenoxy) is 2. The Morgan fingerprint density at radius 1 is 1.20 bits per heavy atom. The summed E-state index contributed by atoms with van der Waals surface area (Å²) in [7, 11) is 4.61. The Bertz CT molecular complexity index is 395. The first kappa shape index (κ1) is 24.9. The molecule has 9 nitrogen and oxygen atoms in total. The predicted octanol–water partition coefficient (Wildman–Crippen LogP) is -0.902. The van der Waals surface area contributed by atoms with Crippen LogP contribution in [0.4, 0.5) is 0 Å². The molecule has 5 N–H and O–H groups in total. The highest BCUT2D eigenvalue weighted by Crippen LogP contribution is 2.22. The number of rotatable bonds is 17. The van der Waals surface area contributed by atoms with Crippen LogP contribution in [-0.4, -0.2) is 81.7 Å². The highest BCUT2D eigenvalue weighted by atomic mass is 127. The number of aldehydes is 1. The summed E-state index contributed by atoms with van der Waals surface area (Å²) in [6.45, 7) is 1.84. The summed E-state index contributed by atoms with van der Waals surface area (Å²) in [5, 5.41) is 5.48. The lowest BCUT2D eigenvalue weighted by Gasteiger charge is -2.15. The average Bonchev–Trinajstić information content (AvgIpc) is 2.59. The molecule has 0 aromatic rings. The van der Waals surface area contributed by atoms with Crippen LogP contribution in [0.1, 0.15) is 0 Å². The molecule has 2 amide bonds. The minimum Gasteiger partial charge on any atom is -0.378 e. The smallest absolute Gasteiger partial charge is 0.246 e. The molecular formula is C13H25IN4O5S2. The number of carbonyl (C=O) groups is 3. The third-order valence-corrected chi connectivity index (χ3v) is 5.90. The molecule has 0 spiro atoms. The van der Waals surface area contributed by atoms with Gasteiger partial charge in [-0.1, -0.05) is 21.6 Å². The molecule has 0 saturated heterocycles. The predicted molar refractivity (Wildman–Crippen MR) is 109 cm³/mol. The van der Waals surface area contributed by atoms with E-state index in [0.717, 1.165) is 12.8 Å². The largest absolute Gasteiger partial charge is 0.378 e. The van der Waals surface area contributed by atoms with Crippen LogP contribution in [0, 0.1) is 0 Å². The van der Waals surface area contributed by atoms with Crippen LogP contribution in [0.25, 0.3) is 0 Å². The van der Waals surface area contributed by atoms with E-state index in [0.29, 0.717) is 31.3 Å². The topological polar surface area (TPSA) is 132 Å². The van der Waals surface area contributed by atoms with Crippen molar-refractivity contribution in [2.24, 2.45) is 5.73 Å². The fraction of sp³-hybridized carbons (Fsp3) is 0.769. The summed E-state index contributed by atoms with van der Waals surface area (Å²) in [6, 6.07) is -1.05. The van der Waals surface area contributed by atoms with Crippen molar-refractivity contribution in [3.8, 4) is 0 Å². The SMILES string of the molecule is CNCCOCCOCC(=O)NC(CSSCC(C=O)NI)C(N)=O. The first-order valence-electron chi connectivity index (χ1n) is 7.49. The summed E-state index contributed by atoms with van der Waals surface area (Å²) in [4.78, 5) is 33.8. The fourth-order valence-electron chi connectivity index (χ4n) is 1.32. The van der Waals surface area contributed by atoms with E-state index in [4.69, 9.17) is 15.2 Å². The summed E-state index contributed by atoms with van der Waals surface area (Å²) < 4.78 is 13.2. The first-order chi connectivity index (χ1) is 12.0. The Kier molecular flexibility index (Phi) is 17.2. The number of hydrogen-bond donors (Lipinski definition) is 4. The van der Waals surface area contributed by atoms with E-state index in [9.17, 15) is 14.4 Å². The molecule has 0 aliphatic carbocycles. The summed E-state index contributed by atoms with van der Waals surface area (Å²) in [6.07, 6.45) is 0.813. The third kappa shape index (κ3) is 14.7. The van der Waals surface area contributed by atoms with Crippen molar-refractivity contribution >= 4 is 62.6 Å². The van der Waals surface area contributed by atoms with Gasteiger partial charge in [-0.25, -0.2) is 3.53 Å². The standard InChI is InChI=1S/C13H25IN4O5S2/c1-16-2-3-22-4-5-23-7-12(20)17-11(13(15)21)9-25-24-8-10(6-19)18-14/h6,10-11,16,18H,2-5,7-9H2,1H3,(H2,15,21)(H,17,20). The molecule has 0 aromatic heterocycles. The number of primary amides is 1. The number of likely N-dealkylation sites (N-methyl/N-ethyl adjacent to an activating group) is 1. The van der Waals surface area contributed by atoms with Crippen LogP contribution >= 0.6 is 44.5 Å². The van der Waals surface area contributed by atoms with Gasteiger partial charge >= 0.3 is 0 Å². The van der Waals surface area contributed by atoms with Crippen molar-refractivity contribution in [1.82, 2.24) is 14.2 Å². The Morgan fingerprint density at radius 2 is 1.88 bits per heavy atom. The van der Waals surface area contributed by atoms with Crippen LogP contribution in [0.15, 0.2) is 0 Å². The third-order valence-electron chi connectivity index (χ3n) is 2.65. The van der Waals surface area contributed by atoms with E-state index in [2.05, 4.69) is 14.2 Å². The van der Waals surface area contributed by atoms with Gasteiger partial charge in [0.25, 0.3) is 0 Å². The molecule has 0 fully saturated rings. The van der Waals surface area contributed by atoms with Crippen molar-refractivity contribution in [3.05, 3.63) is 0 Å². The van der Waals surface area contributed by atoms with Crippen LogP contribution in [0.3, 0.4) is 0 Å². The molecule has 0 aliphatic rings. The van der Waals surface area contributed by atoms with Crippen LogP contribution in [0.2, 0.25) is 0 Å². The van der Waals surface area contributed by atoms with Crippen molar-refractivity contribution in [2.75, 3.05) is 51.5 Å². The van der Waals surface area contributed by atoms with Gasteiger partial charge in [-0.15, -0.1) is 0 Å². The summed E-state index contributed by atoms with van der Waals surface area (Å²) in [5.41, 5.74) is 5.29. The van der Waals surface area contributed by atoms with E-state index in [-0.39, 0.29) is 12.6 Å². The second-order valence-electron chi connectivity index (χ2n) is 4.71. The van der Waals surface area contributed by atoms with E-state index in [1.165, 1.54) is 21.6 Å². The van der Waals surface area contributed by atoms with Crippen molar-refractivity contribution in [2.45, 2.75) is 12.1 Å². The lowest BCUT2D eigenvalue weighted by molar-refractivity contribution is -0.130. The van der Waals surface area contributed by atoms with Gasteiger partial charge < -0.3 is 30.6 Å². The van der Waals surface area contributed by atoms with Gasteiger partial charge in [0, 0.05) is 40.9 Å². The van der Waals surface area contributed by atoms with Gasteiger partial charge in [0.05, 0.1) is 25.9 Å². The molecule has 146 valence electrons. The van der Waals surface area contributed by atoms with Gasteiger partial charge in [0.1, 0.15) is 18.9 Å². The molecular weight excluding hydrogens is 483 g/mol.